The van der Waals surface area contributed by atoms with Gasteiger partial charge in [0.05, 0.1) is 6.33 Å². The minimum absolute atomic E-state index is 0.122. The van der Waals surface area contributed by atoms with Crippen LogP contribution in [0.15, 0.2) is 36.2 Å². The van der Waals surface area contributed by atoms with E-state index in [-0.39, 0.29) is 5.91 Å². The molecule has 0 fully saturated rings. The Bertz CT molecular complexity index is 466. The largest absolute Gasteiger partial charge is 0.354 e. The first-order chi connectivity index (χ1) is 8.77. The third-order valence-electron chi connectivity index (χ3n) is 2.58. The third-order valence-corrected chi connectivity index (χ3v) is 3.54. The molecule has 1 unspecified atom stereocenters. The average molecular weight is 264 g/mol. The number of hydrogen-bond acceptors (Lipinski definition) is 4. The summed E-state index contributed by atoms with van der Waals surface area (Å²) < 4.78 is 1.98. The summed E-state index contributed by atoms with van der Waals surface area (Å²) in [5.74, 6) is -0.122. The van der Waals surface area contributed by atoms with Gasteiger partial charge in [0.15, 0.2) is 0 Å². The minimum atomic E-state index is -0.557. The highest BCUT2D eigenvalue weighted by atomic mass is 32.1. The summed E-state index contributed by atoms with van der Waals surface area (Å²) in [4.78, 5) is 16.6. The van der Waals surface area contributed by atoms with Crippen molar-refractivity contribution in [3.8, 4) is 0 Å². The second kappa shape index (κ2) is 6.32. The van der Waals surface area contributed by atoms with E-state index in [2.05, 4.69) is 10.3 Å². The lowest BCUT2D eigenvalue weighted by Crippen LogP contribution is -2.34. The van der Waals surface area contributed by atoms with Gasteiger partial charge >= 0.3 is 0 Å². The van der Waals surface area contributed by atoms with Gasteiger partial charge in [-0.15, -0.1) is 11.3 Å². The van der Waals surface area contributed by atoms with E-state index in [9.17, 15) is 4.79 Å². The highest BCUT2D eigenvalue weighted by molar-refractivity contribution is 7.10. The van der Waals surface area contributed by atoms with Crippen LogP contribution in [0.3, 0.4) is 0 Å². The maximum Gasteiger partial charge on any atom is 0.242 e. The molecule has 0 radical (unpaired) electrons. The van der Waals surface area contributed by atoms with Crippen LogP contribution in [0.4, 0.5) is 0 Å². The highest BCUT2D eigenvalue weighted by Gasteiger charge is 2.15. The summed E-state index contributed by atoms with van der Waals surface area (Å²) in [7, 11) is 0. The first-order valence-corrected chi connectivity index (χ1v) is 6.68. The molecule has 5 nitrogen and oxygen atoms in total. The van der Waals surface area contributed by atoms with Crippen molar-refractivity contribution in [2.75, 3.05) is 6.54 Å². The normalized spacial score (nSPS) is 12.3. The molecule has 2 rings (SSSR count). The number of amides is 1. The molecule has 1 atom stereocenters. The van der Waals surface area contributed by atoms with E-state index in [1.54, 1.807) is 12.5 Å². The molecule has 0 aliphatic heterocycles. The van der Waals surface area contributed by atoms with E-state index in [1.165, 1.54) is 11.3 Å². The Kier molecular flexibility index (Phi) is 4.49. The molecule has 2 heterocycles. The fourth-order valence-corrected chi connectivity index (χ4v) is 2.32. The van der Waals surface area contributed by atoms with Crippen molar-refractivity contribution in [2.24, 2.45) is 5.73 Å². The van der Waals surface area contributed by atoms with Gasteiger partial charge in [-0.05, 0) is 17.9 Å². The van der Waals surface area contributed by atoms with Crippen LogP contribution >= 0.6 is 11.3 Å². The molecular weight excluding hydrogens is 248 g/mol. The Hall–Kier alpha value is -1.66. The van der Waals surface area contributed by atoms with Crippen molar-refractivity contribution in [2.45, 2.75) is 19.0 Å². The second-order valence-electron chi connectivity index (χ2n) is 3.94. The molecule has 2 aromatic rings. The molecule has 0 saturated carbocycles. The number of nitrogens with zero attached hydrogens (tertiary/aromatic N) is 2. The van der Waals surface area contributed by atoms with Gasteiger partial charge in [0.1, 0.15) is 6.04 Å². The predicted octanol–water partition coefficient (Wildman–Crippen LogP) is 1.15. The lowest BCUT2D eigenvalue weighted by Gasteiger charge is -2.10. The zero-order chi connectivity index (χ0) is 12.8. The quantitative estimate of drug-likeness (QED) is 0.769. The molecule has 0 spiro atoms. The number of imidazole rings is 1. The van der Waals surface area contributed by atoms with Gasteiger partial charge in [-0.2, -0.15) is 0 Å². The van der Waals surface area contributed by atoms with Crippen LogP contribution in [0, 0.1) is 0 Å². The van der Waals surface area contributed by atoms with Gasteiger partial charge in [-0.1, -0.05) is 6.07 Å². The van der Waals surface area contributed by atoms with Crippen molar-refractivity contribution in [3.63, 3.8) is 0 Å². The molecule has 0 aromatic carbocycles. The van der Waals surface area contributed by atoms with Crippen LogP contribution in [-0.4, -0.2) is 22.0 Å². The number of hydrogen-bond donors (Lipinski definition) is 2. The number of aromatic nitrogens is 2. The Morgan fingerprint density at radius 2 is 2.50 bits per heavy atom. The van der Waals surface area contributed by atoms with E-state index in [1.807, 2.05) is 28.3 Å². The summed E-state index contributed by atoms with van der Waals surface area (Å²) in [5, 5.41) is 4.76. The number of carbonyl (C=O) groups is 1. The van der Waals surface area contributed by atoms with E-state index in [0.717, 1.165) is 17.8 Å². The first kappa shape index (κ1) is 12.8. The van der Waals surface area contributed by atoms with Crippen molar-refractivity contribution in [1.29, 1.82) is 0 Å². The van der Waals surface area contributed by atoms with Gasteiger partial charge in [0, 0.05) is 30.4 Å². The van der Waals surface area contributed by atoms with Gasteiger partial charge in [0.25, 0.3) is 0 Å². The number of nitrogens with two attached hydrogens (primary N) is 1. The lowest BCUT2D eigenvalue weighted by molar-refractivity contribution is -0.122. The SMILES string of the molecule is NC(C(=O)NCCCn1ccnc1)c1cccs1. The minimum Gasteiger partial charge on any atom is -0.354 e. The number of rotatable bonds is 6. The number of nitrogens with one attached hydrogen (secondary N) is 1. The van der Waals surface area contributed by atoms with E-state index in [0.29, 0.717) is 6.54 Å². The lowest BCUT2D eigenvalue weighted by atomic mass is 10.2. The molecule has 96 valence electrons. The average Bonchev–Trinajstić information content (AvgIpc) is 3.05. The fourth-order valence-electron chi connectivity index (χ4n) is 1.60. The van der Waals surface area contributed by atoms with Crippen molar-refractivity contribution in [1.82, 2.24) is 14.9 Å². The maximum absolute atomic E-state index is 11.8. The third kappa shape index (κ3) is 3.41. The summed E-state index contributed by atoms with van der Waals surface area (Å²) >= 11 is 1.50. The summed E-state index contributed by atoms with van der Waals surface area (Å²) in [6, 6.07) is 3.21. The standard InChI is InChI=1S/C12H16N4OS/c13-11(10-3-1-8-18-10)12(17)15-4-2-6-16-7-5-14-9-16/h1,3,5,7-9,11H,2,4,6,13H2,(H,15,17). The van der Waals surface area contributed by atoms with Crippen LogP contribution in [0.25, 0.3) is 0 Å². The van der Waals surface area contributed by atoms with Gasteiger partial charge in [0.2, 0.25) is 5.91 Å². The van der Waals surface area contributed by atoms with Crippen LogP contribution in [0.5, 0.6) is 0 Å². The zero-order valence-corrected chi connectivity index (χ0v) is 10.8. The Morgan fingerprint density at radius 3 is 3.17 bits per heavy atom. The monoisotopic (exact) mass is 264 g/mol. The zero-order valence-electron chi connectivity index (χ0n) is 9.95. The molecule has 0 aliphatic carbocycles. The molecule has 1 amide bonds. The van der Waals surface area contributed by atoms with Crippen LogP contribution in [-0.2, 0) is 11.3 Å². The summed E-state index contributed by atoms with van der Waals surface area (Å²) in [6.45, 7) is 1.46. The van der Waals surface area contributed by atoms with E-state index >= 15 is 0 Å². The molecule has 3 N–H and O–H groups in total. The molecule has 18 heavy (non-hydrogen) atoms. The summed E-state index contributed by atoms with van der Waals surface area (Å²) in [5.41, 5.74) is 5.84. The molecule has 0 bridgehead atoms. The van der Waals surface area contributed by atoms with Crippen LogP contribution in [0.2, 0.25) is 0 Å². The first-order valence-electron chi connectivity index (χ1n) is 5.80. The van der Waals surface area contributed by atoms with Gasteiger partial charge < -0.3 is 15.6 Å². The molecule has 6 heteroatoms. The Balaban J connectivity index is 1.69. The van der Waals surface area contributed by atoms with E-state index < -0.39 is 6.04 Å². The van der Waals surface area contributed by atoms with Crippen molar-refractivity contribution < 1.29 is 4.79 Å². The molecular formula is C12H16N4OS. The van der Waals surface area contributed by atoms with Crippen molar-refractivity contribution >= 4 is 17.2 Å². The van der Waals surface area contributed by atoms with Crippen LogP contribution in [0.1, 0.15) is 17.3 Å². The molecule has 0 aliphatic rings. The van der Waals surface area contributed by atoms with Crippen molar-refractivity contribution in [3.05, 3.63) is 41.1 Å². The smallest absolute Gasteiger partial charge is 0.242 e. The highest BCUT2D eigenvalue weighted by Crippen LogP contribution is 2.16. The van der Waals surface area contributed by atoms with Gasteiger partial charge in [-0.25, -0.2) is 4.98 Å². The molecule has 0 saturated heterocycles. The fraction of sp³-hybridized carbons (Fsp3) is 0.333. The molecule has 2 aromatic heterocycles. The second-order valence-corrected chi connectivity index (χ2v) is 4.92. The van der Waals surface area contributed by atoms with E-state index in [4.69, 9.17) is 5.73 Å². The number of carbonyl (C=O) groups excluding carboxylic acids is 1. The topological polar surface area (TPSA) is 72.9 Å². The maximum atomic E-state index is 11.8. The number of aryl methyl sites for hydroxylation is 1. The summed E-state index contributed by atoms with van der Waals surface area (Å²) in [6.07, 6.45) is 6.27. The Labute approximate surface area is 110 Å². The predicted molar refractivity (Wildman–Crippen MR) is 71.1 cm³/mol. The van der Waals surface area contributed by atoms with Gasteiger partial charge in [-0.3, -0.25) is 4.79 Å². The van der Waals surface area contributed by atoms with Crippen LogP contribution < -0.4 is 11.1 Å². The Morgan fingerprint density at radius 1 is 1.61 bits per heavy atom. The number of thiophene rings is 1.